The second kappa shape index (κ2) is 16.9. The van der Waals surface area contributed by atoms with Gasteiger partial charge in [0.25, 0.3) is 0 Å². The van der Waals surface area contributed by atoms with Crippen molar-refractivity contribution < 1.29 is 24.6 Å². The highest BCUT2D eigenvalue weighted by atomic mass is 16.4. The summed E-state index contributed by atoms with van der Waals surface area (Å²) in [5, 5.41) is 25.1. The van der Waals surface area contributed by atoms with Crippen LogP contribution in [0.3, 0.4) is 0 Å². The van der Waals surface area contributed by atoms with Gasteiger partial charge in [-0.25, -0.2) is 0 Å². The second-order valence-electron chi connectivity index (χ2n) is 10.5. The van der Waals surface area contributed by atoms with Crippen LogP contribution in [0.2, 0.25) is 0 Å². The van der Waals surface area contributed by atoms with Crippen molar-refractivity contribution in [1.29, 1.82) is 0 Å². The van der Waals surface area contributed by atoms with Crippen LogP contribution in [0.1, 0.15) is 116 Å². The Hall–Kier alpha value is -1.63. The van der Waals surface area contributed by atoms with Crippen molar-refractivity contribution in [3.05, 3.63) is 0 Å². The summed E-state index contributed by atoms with van der Waals surface area (Å²) < 4.78 is 0. The topological polar surface area (TPSA) is 116 Å². The van der Waals surface area contributed by atoms with Gasteiger partial charge in [0, 0.05) is 12.6 Å². The molecule has 2 saturated carbocycles. The van der Waals surface area contributed by atoms with E-state index in [-0.39, 0.29) is 23.8 Å². The summed E-state index contributed by atoms with van der Waals surface area (Å²) in [6.45, 7) is 1.59. The second-order valence-corrected chi connectivity index (χ2v) is 10.5. The smallest absolute Gasteiger partial charge is 0.308 e. The molecule has 7 heteroatoms. The number of rotatable bonds is 17. The van der Waals surface area contributed by atoms with Crippen LogP contribution >= 0.6 is 0 Å². The molecule has 0 spiro atoms. The Morgan fingerprint density at radius 3 is 1.56 bits per heavy atom. The standard InChI is InChI=1S/C27H48N2O5/c30-25(21-15-9-10-16-22(21)26(31)32)29-20-14-8-6-4-2-1-3-5-7-13-19-28-24-18-12-11-17-23(24)27(33)34/h21-24,28H,1-20H2,(H,29,30)(H,31,32)(H,33,34)/t21-,22+,23-,24+/m1/s1. The van der Waals surface area contributed by atoms with E-state index in [9.17, 15) is 24.6 Å². The maximum atomic E-state index is 12.3. The predicted octanol–water partition coefficient (Wildman–Crippen LogP) is 5.13. The lowest BCUT2D eigenvalue weighted by molar-refractivity contribution is -0.148. The molecule has 0 heterocycles. The lowest BCUT2D eigenvalue weighted by Crippen LogP contribution is -2.42. The summed E-state index contributed by atoms with van der Waals surface area (Å²) in [6.07, 6.45) is 19.1. The van der Waals surface area contributed by atoms with E-state index in [4.69, 9.17) is 0 Å². The zero-order valence-electron chi connectivity index (χ0n) is 21.1. The highest BCUT2D eigenvalue weighted by Gasteiger charge is 2.35. The first kappa shape index (κ1) is 28.6. The molecule has 1 amide bonds. The molecule has 0 radical (unpaired) electrons. The summed E-state index contributed by atoms with van der Waals surface area (Å²) in [4.78, 5) is 35.0. The SMILES string of the molecule is O=C(O)[C@H]1CCCC[C@H]1C(=O)NCCCCCCCCCCCCN[C@H]1CCCC[C@H]1C(=O)O. The lowest BCUT2D eigenvalue weighted by atomic mass is 9.78. The van der Waals surface area contributed by atoms with Gasteiger partial charge in [-0.05, 0) is 45.1 Å². The molecule has 0 unspecified atom stereocenters. The van der Waals surface area contributed by atoms with Crippen LogP contribution in [-0.4, -0.2) is 47.2 Å². The number of carboxylic acid groups (broad SMARTS) is 2. The summed E-state index contributed by atoms with van der Waals surface area (Å²) in [5.74, 6) is -2.60. The van der Waals surface area contributed by atoms with Gasteiger partial charge in [0.2, 0.25) is 5.91 Å². The molecular weight excluding hydrogens is 432 g/mol. The van der Waals surface area contributed by atoms with E-state index in [1.54, 1.807) is 0 Å². The molecule has 2 fully saturated rings. The zero-order valence-corrected chi connectivity index (χ0v) is 21.1. The van der Waals surface area contributed by atoms with Crippen molar-refractivity contribution in [2.45, 2.75) is 122 Å². The van der Waals surface area contributed by atoms with E-state index in [0.29, 0.717) is 19.4 Å². The summed E-state index contributed by atoms with van der Waals surface area (Å²) in [6, 6.07) is 0.161. The largest absolute Gasteiger partial charge is 0.481 e. The fourth-order valence-corrected chi connectivity index (χ4v) is 5.71. The molecule has 196 valence electrons. The Labute approximate surface area is 205 Å². The van der Waals surface area contributed by atoms with Crippen molar-refractivity contribution in [2.24, 2.45) is 17.8 Å². The van der Waals surface area contributed by atoms with Crippen molar-refractivity contribution in [2.75, 3.05) is 13.1 Å². The number of aliphatic carboxylic acids is 2. The monoisotopic (exact) mass is 480 g/mol. The molecule has 0 aromatic carbocycles. The van der Waals surface area contributed by atoms with Crippen LogP contribution in [0.5, 0.6) is 0 Å². The predicted molar refractivity (Wildman–Crippen MR) is 134 cm³/mol. The van der Waals surface area contributed by atoms with Gasteiger partial charge in [0.15, 0.2) is 0 Å². The number of hydrogen-bond acceptors (Lipinski definition) is 4. The minimum absolute atomic E-state index is 0.0669. The lowest BCUT2D eigenvalue weighted by Gasteiger charge is -2.29. The number of hydrogen-bond donors (Lipinski definition) is 4. The first-order chi connectivity index (χ1) is 16.5. The van der Waals surface area contributed by atoms with Gasteiger partial charge in [-0.15, -0.1) is 0 Å². The summed E-state index contributed by atoms with van der Waals surface area (Å²) in [5.41, 5.74) is 0. The Morgan fingerprint density at radius 1 is 0.559 bits per heavy atom. The fourth-order valence-electron chi connectivity index (χ4n) is 5.71. The number of carbonyl (C=O) groups excluding carboxylic acids is 1. The number of carbonyl (C=O) groups is 3. The number of nitrogens with one attached hydrogen (secondary N) is 2. The minimum atomic E-state index is -0.829. The molecular formula is C27H48N2O5. The van der Waals surface area contributed by atoms with Crippen LogP contribution in [-0.2, 0) is 14.4 Å². The van der Waals surface area contributed by atoms with Crippen LogP contribution in [0.4, 0.5) is 0 Å². The molecule has 34 heavy (non-hydrogen) atoms. The van der Waals surface area contributed by atoms with Crippen LogP contribution < -0.4 is 10.6 Å². The van der Waals surface area contributed by atoms with Crippen molar-refractivity contribution in [1.82, 2.24) is 10.6 Å². The molecule has 7 nitrogen and oxygen atoms in total. The summed E-state index contributed by atoms with van der Waals surface area (Å²) >= 11 is 0. The van der Waals surface area contributed by atoms with Gasteiger partial charge < -0.3 is 20.8 Å². The molecule has 4 atom stereocenters. The van der Waals surface area contributed by atoms with Gasteiger partial charge in [-0.2, -0.15) is 0 Å². The normalized spacial score (nSPS) is 25.1. The molecule has 0 aliphatic heterocycles. The van der Waals surface area contributed by atoms with Crippen molar-refractivity contribution >= 4 is 17.8 Å². The van der Waals surface area contributed by atoms with Crippen molar-refractivity contribution in [3.8, 4) is 0 Å². The van der Waals surface area contributed by atoms with Gasteiger partial charge in [-0.1, -0.05) is 77.0 Å². The van der Waals surface area contributed by atoms with Gasteiger partial charge in [0.1, 0.15) is 0 Å². The van der Waals surface area contributed by atoms with Gasteiger partial charge in [-0.3, -0.25) is 14.4 Å². The molecule has 0 aromatic heterocycles. The van der Waals surface area contributed by atoms with Crippen molar-refractivity contribution in [3.63, 3.8) is 0 Å². The van der Waals surface area contributed by atoms with E-state index in [1.165, 1.54) is 44.9 Å². The van der Waals surface area contributed by atoms with Crippen LogP contribution in [0, 0.1) is 17.8 Å². The van der Waals surface area contributed by atoms with E-state index in [0.717, 1.165) is 64.3 Å². The van der Waals surface area contributed by atoms with Gasteiger partial charge in [0.05, 0.1) is 17.8 Å². The first-order valence-corrected chi connectivity index (χ1v) is 14.0. The Bertz CT molecular complexity index is 612. The maximum absolute atomic E-state index is 12.3. The quantitative estimate of drug-likeness (QED) is 0.215. The molecule has 0 bridgehead atoms. The van der Waals surface area contributed by atoms with Crippen LogP contribution in [0.25, 0.3) is 0 Å². The average Bonchev–Trinajstić information content (AvgIpc) is 2.84. The number of unbranched alkanes of at least 4 members (excludes halogenated alkanes) is 9. The highest BCUT2D eigenvalue weighted by molar-refractivity contribution is 5.84. The number of carboxylic acids is 2. The number of amides is 1. The van der Waals surface area contributed by atoms with Crippen LogP contribution in [0.15, 0.2) is 0 Å². The van der Waals surface area contributed by atoms with E-state index >= 15 is 0 Å². The maximum Gasteiger partial charge on any atom is 0.308 e. The molecule has 4 N–H and O–H groups in total. The zero-order chi connectivity index (χ0) is 24.6. The highest BCUT2D eigenvalue weighted by Crippen LogP contribution is 2.30. The molecule has 0 saturated heterocycles. The van der Waals surface area contributed by atoms with Gasteiger partial charge >= 0.3 is 11.9 Å². The summed E-state index contributed by atoms with van der Waals surface area (Å²) in [7, 11) is 0. The van der Waals surface area contributed by atoms with E-state index in [1.807, 2.05) is 0 Å². The molecule has 2 rings (SSSR count). The Morgan fingerprint density at radius 2 is 1.00 bits per heavy atom. The Balaban J connectivity index is 1.36. The minimum Gasteiger partial charge on any atom is -0.481 e. The van der Waals surface area contributed by atoms with E-state index < -0.39 is 17.9 Å². The third-order valence-corrected chi connectivity index (χ3v) is 7.81. The first-order valence-electron chi connectivity index (χ1n) is 14.0. The fraction of sp³-hybridized carbons (Fsp3) is 0.889. The molecule has 2 aliphatic rings. The molecule has 2 aliphatic carbocycles. The third-order valence-electron chi connectivity index (χ3n) is 7.81. The third kappa shape index (κ3) is 10.7. The molecule has 0 aromatic rings. The average molecular weight is 481 g/mol. The Kier molecular flexibility index (Phi) is 14.2. The van der Waals surface area contributed by atoms with E-state index in [2.05, 4.69) is 10.6 Å².